The highest BCUT2D eigenvalue weighted by molar-refractivity contribution is 5.28. The summed E-state index contributed by atoms with van der Waals surface area (Å²) in [5.41, 5.74) is 7.02. The van der Waals surface area contributed by atoms with E-state index in [-0.39, 0.29) is 12.5 Å². The maximum absolute atomic E-state index is 10.5. The number of nitrogens with two attached hydrogens (primary N) is 1. The molecule has 0 saturated carbocycles. The Labute approximate surface area is 98.5 Å². The first-order chi connectivity index (χ1) is 7.54. The molecule has 2 heteroatoms. The molecule has 0 fully saturated rings. The zero-order chi connectivity index (χ0) is 12.2. The molecule has 90 valence electrons. The zero-order valence-electron chi connectivity index (χ0n) is 10.5. The lowest BCUT2D eigenvalue weighted by Gasteiger charge is -2.31. The van der Waals surface area contributed by atoms with Crippen LogP contribution in [0.4, 0.5) is 0 Å². The normalized spacial score (nSPS) is 15.1. The van der Waals surface area contributed by atoms with Crippen molar-refractivity contribution in [2.75, 3.05) is 6.54 Å². The Morgan fingerprint density at radius 3 is 2.19 bits per heavy atom. The summed E-state index contributed by atoms with van der Waals surface area (Å²) in [5, 5.41) is 10.5. The first-order valence-electron chi connectivity index (χ1n) is 6.06. The van der Waals surface area contributed by atoms with Crippen LogP contribution in [0.5, 0.6) is 0 Å². The largest absolute Gasteiger partial charge is 0.384 e. The minimum absolute atomic E-state index is 0.120. The fourth-order valence-corrected chi connectivity index (χ4v) is 1.94. The van der Waals surface area contributed by atoms with Gasteiger partial charge in [-0.1, -0.05) is 51.5 Å². The van der Waals surface area contributed by atoms with E-state index in [2.05, 4.69) is 19.1 Å². The molecule has 0 bridgehead atoms. The Bertz CT molecular complexity index is 318. The Morgan fingerprint density at radius 1 is 1.25 bits per heavy atom. The summed E-state index contributed by atoms with van der Waals surface area (Å²) in [7, 11) is 0. The van der Waals surface area contributed by atoms with E-state index in [1.54, 1.807) is 0 Å². The quantitative estimate of drug-likeness (QED) is 0.802. The average molecular weight is 221 g/mol. The Morgan fingerprint density at radius 2 is 1.81 bits per heavy atom. The highest BCUT2D eigenvalue weighted by Crippen LogP contribution is 2.28. The van der Waals surface area contributed by atoms with Crippen molar-refractivity contribution in [1.82, 2.24) is 0 Å². The molecule has 1 unspecified atom stereocenters. The Kier molecular flexibility index (Phi) is 4.51. The van der Waals surface area contributed by atoms with Crippen molar-refractivity contribution < 1.29 is 5.11 Å². The number of hydrogen-bond donors (Lipinski definition) is 2. The van der Waals surface area contributed by atoms with Gasteiger partial charge in [0.1, 0.15) is 5.60 Å². The zero-order valence-corrected chi connectivity index (χ0v) is 10.5. The Balaban J connectivity index is 2.95. The molecular weight excluding hydrogens is 198 g/mol. The summed E-state index contributed by atoms with van der Waals surface area (Å²) >= 11 is 0. The third-order valence-electron chi connectivity index (χ3n) is 3.26. The van der Waals surface area contributed by atoms with E-state index in [4.69, 9.17) is 5.73 Å². The van der Waals surface area contributed by atoms with Crippen LogP contribution in [-0.4, -0.2) is 11.7 Å². The fraction of sp³-hybridized carbons (Fsp3) is 0.571. The van der Waals surface area contributed by atoms with Crippen molar-refractivity contribution in [3.63, 3.8) is 0 Å². The summed E-state index contributed by atoms with van der Waals surface area (Å²) < 4.78 is 0. The van der Waals surface area contributed by atoms with Crippen LogP contribution in [-0.2, 0) is 12.0 Å². The second kappa shape index (κ2) is 5.46. The number of hydrogen-bond acceptors (Lipinski definition) is 2. The van der Waals surface area contributed by atoms with Gasteiger partial charge < -0.3 is 10.8 Å². The van der Waals surface area contributed by atoms with E-state index < -0.39 is 5.60 Å². The van der Waals surface area contributed by atoms with Gasteiger partial charge in [0, 0.05) is 6.54 Å². The molecular formula is C14H23NO. The van der Waals surface area contributed by atoms with Crippen molar-refractivity contribution in [2.24, 2.45) is 11.7 Å². The van der Waals surface area contributed by atoms with Crippen LogP contribution in [0, 0.1) is 5.92 Å². The molecule has 16 heavy (non-hydrogen) atoms. The molecule has 0 aliphatic carbocycles. The standard InChI is InChI=1S/C14H23NO/c1-4-5-12-6-8-13(9-7-12)14(16,10-15)11(2)3/h6-9,11,16H,4-5,10,15H2,1-3H3. The smallest absolute Gasteiger partial charge is 0.104 e. The maximum Gasteiger partial charge on any atom is 0.104 e. The maximum atomic E-state index is 10.5. The molecule has 0 aliphatic rings. The van der Waals surface area contributed by atoms with Crippen LogP contribution in [0.15, 0.2) is 24.3 Å². The number of aryl methyl sites for hydroxylation is 1. The van der Waals surface area contributed by atoms with Crippen LogP contribution in [0.2, 0.25) is 0 Å². The summed E-state index contributed by atoms with van der Waals surface area (Å²) in [4.78, 5) is 0. The molecule has 0 aromatic heterocycles. The lowest BCUT2D eigenvalue weighted by atomic mass is 9.83. The highest BCUT2D eigenvalue weighted by atomic mass is 16.3. The van der Waals surface area contributed by atoms with Crippen molar-refractivity contribution >= 4 is 0 Å². The van der Waals surface area contributed by atoms with Gasteiger partial charge in [0.2, 0.25) is 0 Å². The topological polar surface area (TPSA) is 46.2 Å². The van der Waals surface area contributed by atoms with E-state index in [1.165, 1.54) is 5.56 Å². The van der Waals surface area contributed by atoms with Crippen molar-refractivity contribution in [1.29, 1.82) is 0 Å². The Hall–Kier alpha value is -0.860. The van der Waals surface area contributed by atoms with Gasteiger partial charge in [-0.05, 0) is 23.5 Å². The van der Waals surface area contributed by atoms with Crippen molar-refractivity contribution in [3.8, 4) is 0 Å². The second-order valence-corrected chi connectivity index (χ2v) is 4.73. The molecule has 1 atom stereocenters. The molecule has 1 aromatic carbocycles. The monoisotopic (exact) mass is 221 g/mol. The summed E-state index contributed by atoms with van der Waals surface area (Å²) in [6.07, 6.45) is 2.23. The van der Waals surface area contributed by atoms with Gasteiger partial charge in [-0.3, -0.25) is 0 Å². The van der Waals surface area contributed by atoms with Gasteiger partial charge >= 0.3 is 0 Å². The molecule has 0 heterocycles. The van der Waals surface area contributed by atoms with Crippen molar-refractivity contribution in [3.05, 3.63) is 35.4 Å². The van der Waals surface area contributed by atoms with Crippen LogP contribution in [0.25, 0.3) is 0 Å². The van der Waals surface area contributed by atoms with Gasteiger partial charge in [0.05, 0.1) is 0 Å². The molecule has 3 N–H and O–H groups in total. The van der Waals surface area contributed by atoms with Crippen LogP contribution >= 0.6 is 0 Å². The first-order valence-corrected chi connectivity index (χ1v) is 6.06. The molecule has 0 aliphatic heterocycles. The lowest BCUT2D eigenvalue weighted by molar-refractivity contribution is -0.00115. The van der Waals surface area contributed by atoms with Gasteiger partial charge in [-0.2, -0.15) is 0 Å². The molecule has 2 nitrogen and oxygen atoms in total. The molecule has 0 spiro atoms. The van der Waals surface area contributed by atoms with Gasteiger partial charge in [0.15, 0.2) is 0 Å². The van der Waals surface area contributed by atoms with E-state index in [1.807, 2.05) is 26.0 Å². The van der Waals surface area contributed by atoms with Gasteiger partial charge in [0.25, 0.3) is 0 Å². The highest BCUT2D eigenvalue weighted by Gasteiger charge is 2.31. The number of rotatable bonds is 5. The number of benzene rings is 1. The van der Waals surface area contributed by atoms with Crippen LogP contribution in [0.3, 0.4) is 0 Å². The molecule has 0 amide bonds. The first kappa shape index (κ1) is 13.2. The van der Waals surface area contributed by atoms with Crippen molar-refractivity contribution in [2.45, 2.75) is 39.2 Å². The minimum Gasteiger partial charge on any atom is -0.384 e. The van der Waals surface area contributed by atoms with Crippen LogP contribution in [0.1, 0.15) is 38.3 Å². The SMILES string of the molecule is CCCc1ccc(C(O)(CN)C(C)C)cc1. The summed E-state index contributed by atoms with van der Waals surface area (Å²) in [5.74, 6) is 0.120. The predicted molar refractivity (Wildman–Crippen MR) is 68.2 cm³/mol. The molecule has 0 radical (unpaired) electrons. The summed E-state index contributed by atoms with van der Waals surface area (Å²) in [6.45, 7) is 6.41. The second-order valence-electron chi connectivity index (χ2n) is 4.73. The molecule has 1 rings (SSSR count). The summed E-state index contributed by atoms with van der Waals surface area (Å²) in [6, 6.07) is 8.17. The van der Waals surface area contributed by atoms with Gasteiger partial charge in [-0.15, -0.1) is 0 Å². The third kappa shape index (κ3) is 2.63. The lowest BCUT2D eigenvalue weighted by Crippen LogP contribution is -2.39. The fourth-order valence-electron chi connectivity index (χ4n) is 1.94. The molecule has 0 saturated heterocycles. The van der Waals surface area contributed by atoms with E-state index in [0.717, 1.165) is 18.4 Å². The average Bonchev–Trinajstić information content (AvgIpc) is 2.29. The predicted octanol–water partition coefficient (Wildman–Crippen LogP) is 2.44. The van der Waals surface area contributed by atoms with E-state index in [0.29, 0.717) is 0 Å². The molecule has 1 aromatic rings. The van der Waals surface area contributed by atoms with Crippen LogP contribution < -0.4 is 5.73 Å². The van der Waals surface area contributed by atoms with E-state index in [9.17, 15) is 5.11 Å². The number of aliphatic hydroxyl groups is 1. The van der Waals surface area contributed by atoms with Gasteiger partial charge in [-0.25, -0.2) is 0 Å². The minimum atomic E-state index is -0.898. The third-order valence-corrected chi connectivity index (χ3v) is 3.26. The van der Waals surface area contributed by atoms with E-state index >= 15 is 0 Å².